The van der Waals surface area contributed by atoms with E-state index in [1.807, 2.05) is 12.1 Å². The van der Waals surface area contributed by atoms with Crippen LogP contribution in [0.25, 0.3) is 10.9 Å². The van der Waals surface area contributed by atoms with E-state index in [1.54, 1.807) is 0 Å². The van der Waals surface area contributed by atoms with E-state index >= 15 is 0 Å². The zero-order valence-corrected chi connectivity index (χ0v) is 12.3. The topological polar surface area (TPSA) is 8.17 Å². The summed E-state index contributed by atoms with van der Waals surface area (Å²) in [5.41, 5.74) is 2.59. The van der Waals surface area contributed by atoms with Crippen LogP contribution in [-0.2, 0) is 13.1 Å². The molecule has 1 aliphatic rings. The molecule has 102 valence electrons. The maximum Gasteiger partial charge on any atom is 0.0672 e. The first-order valence-corrected chi connectivity index (χ1v) is 7.66. The molecular weight excluding hydrogens is 256 g/mol. The maximum atomic E-state index is 6.36. The van der Waals surface area contributed by atoms with Crippen molar-refractivity contribution in [3.8, 4) is 0 Å². The van der Waals surface area contributed by atoms with Crippen molar-refractivity contribution in [2.24, 2.45) is 0 Å². The summed E-state index contributed by atoms with van der Waals surface area (Å²) in [6.07, 6.45) is 4.07. The van der Waals surface area contributed by atoms with Crippen molar-refractivity contribution in [2.75, 3.05) is 13.1 Å². The molecule has 1 fully saturated rings. The molecule has 1 aliphatic heterocycles. The van der Waals surface area contributed by atoms with Crippen molar-refractivity contribution in [2.45, 2.75) is 39.3 Å². The van der Waals surface area contributed by atoms with Gasteiger partial charge < -0.3 is 4.57 Å². The first kappa shape index (κ1) is 13.0. The summed E-state index contributed by atoms with van der Waals surface area (Å²) in [4.78, 5) is 2.57. The van der Waals surface area contributed by atoms with Crippen molar-refractivity contribution in [3.05, 3.63) is 35.0 Å². The molecule has 1 aromatic carbocycles. The van der Waals surface area contributed by atoms with Gasteiger partial charge in [-0.05, 0) is 45.0 Å². The van der Waals surface area contributed by atoms with E-state index in [-0.39, 0.29) is 0 Å². The maximum absolute atomic E-state index is 6.36. The van der Waals surface area contributed by atoms with E-state index in [2.05, 4.69) is 28.5 Å². The Hall–Kier alpha value is -0.990. The molecule has 1 saturated heterocycles. The Morgan fingerprint density at radius 3 is 2.68 bits per heavy atom. The molecule has 1 aromatic heterocycles. The summed E-state index contributed by atoms with van der Waals surface area (Å²) in [7, 11) is 0. The van der Waals surface area contributed by atoms with Gasteiger partial charge in [0.15, 0.2) is 0 Å². The van der Waals surface area contributed by atoms with Crippen molar-refractivity contribution in [1.82, 2.24) is 9.47 Å². The number of aromatic nitrogens is 1. The SMILES string of the molecule is CCn1c(CN2CCCCC2)cc2cccc(Cl)c21. The van der Waals surface area contributed by atoms with Gasteiger partial charge in [-0.3, -0.25) is 4.90 Å². The van der Waals surface area contributed by atoms with E-state index in [0.29, 0.717) is 0 Å². The molecule has 2 aromatic rings. The highest BCUT2D eigenvalue weighted by Gasteiger charge is 2.15. The van der Waals surface area contributed by atoms with Gasteiger partial charge in [-0.25, -0.2) is 0 Å². The number of piperidine rings is 1. The van der Waals surface area contributed by atoms with Crippen molar-refractivity contribution < 1.29 is 0 Å². The Morgan fingerprint density at radius 1 is 1.16 bits per heavy atom. The van der Waals surface area contributed by atoms with Crippen LogP contribution in [0.4, 0.5) is 0 Å². The molecule has 2 nitrogen and oxygen atoms in total. The van der Waals surface area contributed by atoms with Crippen LogP contribution in [0.3, 0.4) is 0 Å². The molecule has 0 spiro atoms. The van der Waals surface area contributed by atoms with Gasteiger partial charge in [0, 0.05) is 24.2 Å². The molecule has 3 heteroatoms. The molecule has 0 amide bonds. The van der Waals surface area contributed by atoms with E-state index in [1.165, 1.54) is 48.9 Å². The molecule has 0 bridgehead atoms. The number of aryl methyl sites for hydroxylation is 1. The largest absolute Gasteiger partial charge is 0.342 e. The zero-order valence-electron chi connectivity index (χ0n) is 11.5. The van der Waals surface area contributed by atoms with Crippen molar-refractivity contribution in [3.63, 3.8) is 0 Å². The lowest BCUT2D eigenvalue weighted by Gasteiger charge is -2.26. The number of nitrogens with zero attached hydrogens (tertiary/aromatic N) is 2. The quantitative estimate of drug-likeness (QED) is 0.811. The molecule has 3 rings (SSSR count). The Bertz CT molecular complexity index is 567. The minimum Gasteiger partial charge on any atom is -0.342 e. The summed E-state index contributed by atoms with van der Waals surface area (Å²) in [6, 6.07) is 8.49. The van der Waals surface area contributed by atoms with Gasteiger partial charge in [-0.1, -0.05) is 30.2 Å². The predicted octanol–water partition coefficient (Wildman–Crippen LogP) is 4.30. The van der Waals surface area contributed by atoms with Crippen LogP contribution in [0.5, 0.6) is 0 Å². The zero-order chi connectivity index (χ0) is 13.2. The third-order valence-corrected chi connectivity index (χ3v) is 4.41. The van der Waals surface area contributed by atoms with Gasteiger partial charge in [0.25, 0.3) is 0 Å². The Kier molecular flexibility index (Phi) is 3.81. The highest BCUT2D eigenvalue weighted by atomic mass is 35.5. The summed E-state index contributed by atoms with van der Waals surface area (Å²) in [5, 5.41) is 2.13. The second-order valence-electron chi connectivity index (χ2n) is 5.39. The molecule has 0 unspecified atom stereocenters. The lowest BCUT2D eigenvalue weighted by Crippen LogP contribution is -2.29. The molecule has 0 aliphatic carbocycles. The number of halogens is 1. The monoisotopic (exact) mass is 276 g/mol. The number of hydrogen-bond donors (Lipinski definition) is 0. The first-order chi connectivity index (χ1) is 9.29. The van der Waals surface area contributed by atoms with Crippen LogP contribution in [-0.4, -0.2) is 22.6 Å². The fourth-order valence-electron chi connectivity index (χ4n) is 3.17. The number of hydrogen-bond acceptors (Lipinski definition) is 1. The molecule has 0 atom stereocenters. The summed E-state index contributed by atoms with van der Waals surface area (Å²) >= 11 is 6.36. The Balaban J connectivity index is 1.96. The molecule has 2 heterocycles. The minimum absolute atomic E-state index is 0.865. The van der Waals surface area contributed by atoms with Crippen molar-refractivity contribution in [1.29, 1.82) is 0 Å². The van der Waals surface area contributed by atoms with Crippen LogP contribution >= 0.6 is 11.6 Å². The fraction of sp³-hybridized carbons (Fsp3) is 0.500. The molecule has 0 radical (unpaired) electrons. The van der Waals surface area contributed by atoms with Gasteiger partial charge >= 0.3 is 0 Å². The standard InChI is InChI=1S/C16H21ClN2/c1-2-19-14(12-18-9-4-3-5-10-18)11-13-7-6-8-15(17)16(13)19/h6-8,11H,2-5,9-10,12H2,1H3. The molecular formula is C16H21ClN2. The number of benzene rings is 1. The van der Waals surface area contributed by atoms with Crippen LogP contribution in [0.15, 0.2) is 24.3 Å². The van der Waals surface area contributed by atoms with Crippen LogP contribution in [0, 0.1) is 0 Å². The van der Waals surface area contributed by atoms with Crippen molar-refractivity contribution >= 4 is 22.5 Å². The van der Waals surface area contributed by atoms with Gasteiger partial charge in [0.2, 0.25) is 0 Å². The summed E-state index contributed by atoms with van der Waals surface area (Å²) in [5.74, 6) is 0. The second kappa shape index (κ2) is 5.56. The minimum atomic E-state index is 0.865. The highest BCUT2D eigenvalue weighted by Crippen LogP contribution is 2.28. The highest BCUT2D eigenvalue weighted by molar-refractivity contribution is 6.35. The van der Waals surface area contributed by atoms with E-state index in [0.717, 1.165) is 18.1 Å². The number of para-hydroxylation sites is 1. The summed E-state index contributed by atoms with van der Waals surface area (Å²) in [6.45, 7) is 6.70. The van der Waals surface area contributed by atoms with E-state index in [4.69, 9.17) is 11.6 Å². The Morgan fingerprint density at radius 2 is 1.95 bits per heavy atom. The lowest BCUT2D eigenvalue weighted by atomic mass is 10.1. The number of likely N-dealkylation sites (tertiary alicyclic amines) is 1. The average molecular weight is 277 g/mol. The van der Waals surface area contributed by atoms with Crippen LogP contribution < -0.4 is 0 Å². The van der Waals surface area contributed by atoms with Gasteiger partial charge in [0.05, 0.1) is 10.5 Å². The summed E-state index contributed by atoms with van der Waals surface area (Å²) < 4.78 is 2.37. The second-order valence-corrected chi connectivity index (χ2v) is 5.80. The normalized spacial score (nSPS) is 17.2. The van der Waals surface area contributed by atoms with E-state index in [9.17, 15) is 0 Å². The van der Waals surface area contributed by atoms with E-state index < -0.39 is 0 Å². The first-order valence-electron chi connectivity index (χ1n) is 7.28. The molecule has 0 saturated carbocycles. The van der Waals surface area contributed by atoms with Gasteiger partial charge in [0.1, 0.15) is 0 Å². The molecule has 0 N–H and O–H groups in total. The average Bonchev–Trinajstić information content (AvgIpc) is 2.78. The molecule has 19 heavy (non-hydrogen) atoms. The number of fused-ring (bicyclic) bond motifs is 1. The number of rotatable bonds is 3. The smallest absolute Gasteiger partial charge is 0.0672 e. The fourth-order valence-corrected chi connectivity index (χ4v) is 3.46. The third-order valence-electron chi connectivity index (χ3n) is 4.11. The Labute approximate surface area is 120 Å². The van der Waals surface area contributed by atoms with Gasteiger partial charge in [-0.2, -0.15) is 0 Å². The third kappa shape index (κ3) is 2.52. The van der Waals surface area contributed by atoms with Gasteiger partial charge in [-0.15, -0.1) is 0 Å². The lowest BCUT2D eigenvalue weighted by molar-refractivity contribution is 0.216. The predicted molar refractivity (Wildman–Crippen MR) is 81.8 cm³/mol. The van der Waals surface area contributed by atoms with Crippen LogP contribution in [0.1, 0.15) is 31.9 Å². The van der Waals surface area contributed by atoms with Crippen LogP contribution in [0.2, 0.25) is 5.02 Å².